The fourth-order valence-electron chi connectivity index (χ4n) is 3.68. The van der Waals surface area contributed by atoms with Crippen molar-refractivity contribution in [2.45, 2.75) is 18.2 Å². The molecule has 0 bridgehead atoms. The summed E-state index contributed by atoms with van der Waals surface area (Å²) in [5.41, 5.74) is 1.13. The highest BCUT2D eigenvalue weighted by atomic mass is 32.2. The molecule has 0 radical (unpaired) electrons. The minimum absolute atomic E-state index is 0.361. The molecule has 2 fully saturated rings. The van der Waals surface area contributed by atoms with Crippen molar-refractivity contribution in [1.29, 1.82) is 0 Å². The smallest absolute Gasteiger partial charge is 0.243 e. The first-order valence-electron chi connectivity index (χ1n) is 10.1. The number of benzene rings is 1. The molecule has 29 heavy (non-hydrogen) atoms. The molecule has 0 saturated carbocycles. The van der Waals surface area contributed by atoms with Gasteiger partial charge in [0.15, 0.2) is 0 Å². The molecule has 0 amide bonds. The molecule has 1 aromatic carbocycles. The van der Waals surface area contributed by atoms with Gasteiger partial charge in [-0.3, -0.25) is 0 Å². The highest BCUT2D eigenvalue weighted by Crippen LogP contribution is 2.23. The van der Waals surface area contributed by atoms with Crippen LogP contribution in [0.2, 0.25) is 0 Å². The van der Waals surface area contributed by atoms with E-state index in [4.69, 9.17) is 4.74 Å². The number of hydrogen-bond donors (Lipinski definition) is 0. The van der Waals surface area contributed by atoms with E-state index in [0.717, 1.165) is 36.7 Å². The van der Waals surface area contributed by atoms with E-state index in [2.05, 4.69) is 26.7 Å². The van der Waals surface area contributed by atoms with Crippen LogP contribution in [0, 0.1) is 0 Å². The average Bonchev–Trinajstić information content (AvgIpc) is 2.80. The number of sulfonamides is 1. The predicted molar refractivity (Wildman–Crippen MR) is 112 cm³/mol. The normalized spacial score (nSPS) is 18.8. The van der Waals surface area contributed by atoms with E-state index in [1.807, 2.05) is 18.2 Å². The Hall–Kier alpha value is -2.23. The second-order valence-corrected chi connectivity index (χ2v) is 9.16. The Morgan fingerprint density at radius 2 is 1.48 bits per heavy atom. The number of anilines is 2. The SMILES string of the molecule is CCc1ccc(S(=O)(=O)N2CCN(c3cc(N4CCOCC4)ncn3)CC2)cc1. The van der Waals surface area contributed by atoms with Crippen LogP contribution in [0.25, 0.3) is 0 Å². The fourth-order valence-corrected chi connectivity index (χ4v) is 5.10. The lowest BCUT2D eigenvalue weighted by atomic mass is 10.2. The van der Waals surface area contributed by atoms with Crippen molar-refractivity contribution < 1.29 is 13.2 Å². The molecule has 2 saturated heterocycles. The summed E-state index contributed by atoms with van der Waals surface area (Å²) in [6, 6.07) is 9.17. The highest BCUT2D eigenvalue weighted by molar-refractivity contribution is 7.89. The summed E-state index contributed by atoms with van der Waals surface area (Å²) < 4.78 is 32.9. The van der Waals surface area contributed by atoms with E-state index in [1.54, 1.807) is 22.8 Å². The lowest BCUT2D eigenvalue weighted by Gasteiger charge is -2.35. The number of rotatable bonds is 5. The molecule has 0 aliphatic carbocycles. The summed E-state index contributed by atoms with van der Waals surface area (Å²) in [5, 5.41) is 0. The zero-order valence-corrected chi connectivity index (χ0v) is 17.5. The third kappa shape index (κ3) is 4.36. The minimum atomic E-state index is -3.47. The van der Waals surface area contributed by atoms with Crippen LogP contribution in [0.1, 0.15) is 12.5 Å². The largest absolute Gasteiger partial charge is 0.378 e. The molecule has 0 N–H and O–H groups in total. The maximum Gasteiger partial charge on any atom is 0.243 e. The van der Waals surface area contributed by atoms with Crippen LogP contribution in [0.5, 0.6) is 0 Å². The first-order valence-corrected chi connectivity index (χ1v) is 11.5. The maximum atomic E-state index is 13.0. The van der Waals surface area contributed by atoms with Gasteiger partial charge in [-0.25, -0.2) is 18.4 Å². The van der Waals surface area contributed by atoms with Gasteiger partial charge in [-0.15, -0.1) is 0 Å². The van der Waals surface area contributed by atoms with Crippen molar-refractivity contribution in [1.82, 2.24) is 14.3 Å². The van der Waals surface area contributed by atoms with Crippen LogP contribution < -0.4 is 9.80 Å². The zero-order valence-electron chi connectivity index (χ0n) is 16.7. The van der Waals surface area contributed by atoms with Crippen molar-refractivity contribution in [3.05, 3.63) is 42.2 Å². The van der Waals surface area contributed by atoms with Crippen LogP contribution in [0.4, 0.5) is 11.6 Å². The first kappa shape index (κ1) is 20.1. The Morgan fingerprint density at radius 1 is 0.897 bits per heavy atom. The van der Waals surface area contributed by atoms with Crippen molar-refractivity contribution in [2.24, 2.45) is 0 Å². The molecule has 0 spiro atoms. The summed E-state index contributed by atoms with van der Waals surface area (Å²) in [7, 11) is -3.47. The van der Waals surface area contributed by atoms with Gasteiger partial charge < -0.3 is 14.5 Å². The number of aryl methyl sites for hydroxylation is 1. The minimum Gasteiger partial charge on any atom is -0.378 e. The van der Waals surface area contributed by atoms with Crippen molar-refractivity contribution >= 4 is 21.7 Å². The Balaban J connectivity index is 1.42. The van der Waals surface area contributed by atoms with Crippen molar-refractivity contribution in [3.63, 3.8) is 0 Å². The molecular weight excluding hydrogens is 390 g/mol. The summed E-state index contributed by atoms with van der Waals surface area (Å²) in [6.07, 6.45) is 2.48. The second kappa shape index (κ2) is 8.64. The summed E-state index contributed by atoms with van der Waals surface area (Å²) in [4.78, 5) is 13.5. The topological polar surface area (TPSA) is 78.9 Å². The van der Waals surface area contributed by atoms with E-state index in [9.17, 15) is 8.42 Å². The second-order valence-electron chi connectivity index (χ2n) is 7.22. The maximum absolute atomic E-state index is 13.0. The summed E-state index contributed by atoms with van der Waals surface area (Å²) in [5.74, 6) is 1.73. The van der Waals surface area contributed by atoms with Gasteiger partial charge in [-0.1, -0.05) is 19.1 Å². The van der Waals surface area contributed by atoms with Gasteiger partial charge in [-0.05, 0) is 24.1 Å². The van der Waals surface area contributed by atoms with Crippen LogP contribution >= 0.6 is 0 Å². The molecule has 156 valence electrons. The molecule has 9 heteroatoms. The summed E-state index contributed by atoms with van der Waals surface area (Å²) in [6.45, 7) is 7.18. The molecular formula is C20H27N5O3S. The predicted octanol–water partition coefficient (Wildman–Crippen LogP) is 1.39. The molecule has 4 rings (SSSR count). The molecule has 8 nitrogen and oxygen atoms in total. The lowest BCUT2D eigenvalue weighted by molar-refractivity contribution is 0.122. The van der Waals surface area contributed by atoms with Crippen LogP contribution in [-0.4, -0.2) is 75.2 Å². The lowest BCUT2D eigenvalue weighted by Crippen LogP contribution is -2.49. The molecule has 1 aromatic heterocycles. The average molecular weight is 418 g/mol. The number of hydrogen-bond acceptors (Lipinski definition) is 7. The van der Waals surface area contributed by atoms with E-state index in [-0.39, 0.29) is 0 Å². The van der Waals surface area contributed by atoms with Gasteiger partial charge in [-0.2, -0.15) is 4.31 Å². The van der Waals surface area contributed by atoms with Gasteiger partial charge in [0.05, 0.1) is 18.1 Å². The number of piperazine rings is 1. The van der Waals surface area contributed by atoms with Crippen LogP contribution in [0.15, 0.2) is 41.6 Å². The molecule has 2 aromatic rings. The van der Waals surface area contributed by atoms with Gasteiger partial charge in [0.25, 0.3) is 0 Å². The summed E-state index contributed by atoms with van der Waals surface area (Å²) >= 11 is 0. The Labute approximate surface area is 172 Å². The number of morpholine rings is 1. The quantitative estimate of drug-likeness (QED) is 0.727. The monoisotopic (exact) mass is 417 g/mol. The number of ether oxygens (including phenoxy) is 1. The molecule has 3 heterocycles. The van der Waals surface area contributed by atoms with E-state index in [0.29, 0.717) is 44.3 Å². The Bertz CT molecular complexity index is 921. The van der Waals surface area contributed by atoms with Crippen molar-refractivity contribution in [3.8, 4) is 0 Å². The van der Waals surface area contributed by atoms with Gasteiger partial charge in [0, 0.05) is 45.3 Å². The Morgan fingerprint density at radius 3 is 2.07 bits per heavy atom. The number of aromatic nitrogens is 2. The van der Waals surface area contributed by atoms with Crippen molar-refractivity contribution in [2.75, 3.05) is 62.3 Å². The Kier molecular flexibility index (Phi) is 5.98. The van der Waals surface area contributed by atoms with Gasteiger partial charge >= 0.3 is 0 Å². The van der Waals surface area contributed by atoms with E-state index >= 15 is 0 Å². The molecule has 0 atom stereocenters. The standard InChI is InChI=1S/C20H27N5O3S/c1-2-17-3-5-18(6-4-17)29(26,27)25-9-7-23(8-10-25)19-15-20(22-16-21-19)24-11-13-28-14-12-24/h3-6,15-16H,2,7-14H2,1H3. The van der Waals surface area contributed by atoms with Crippen LogP contribution in [-0.2, 0) is 21.2 Å². The fraction of sp³-hybridized carbons (Fsp3) is 0.500. The number of nitrogens with zero attached hydrogens (tertiary/aromatic N) is 5. The van der Waals surface area contributed by atoms with E-state index < -0.39 is 10.0 Å². The third-order valence-corrected chi connectivity index (χ3v) is 7.42. The highest BCUT2D eigenvalue weighted by Gasteiger charge is 2.29. The molecule has 0 unspecified atom stereocenters. The third-order valence-electron chi connectivity index (χ3n) is 5.51. The van der Waals surface area contributed by atoms with E-state index in [1.165, 1.54) is 0 Å². The molecule has 2 aliphatic rings. The molecule has 2 aliphatic heterocycles. The van der Waals surface area contributed by atoms with Gasteiger partial charge in [0.2, 0.25) is 10.0 Å². The van der Waals surface area contributed by atoms with Gasteiger partial charge in [0.1, 0.15) is 18.0 Å². The zero-order chi connectivity index (χ0) is 20.3. The first-order chi connectivity index (χ1) is 14.1. The van der Waals surface area contributed by atoms with Crippen LogP contribution in [0.3, 0.4) is 0 Å².